The van der Waals surface area contributed by atoms with Crippen LogP contribution in [0.2, 0.25) is 0 Å². The molecule has 1 heterocycles. The van der Waals surface area contributed by atoms with Gasteiger partial charge in [0.15, 0.2) is 0 Å². The maximum Gasteiger partial charge on any atom is 0.251 e. The molecule has 3 rings (SSSR count). The first-order valence-electron chi connectivity index (χ1n) is 9.87. The van der Waals surface area contributed by atoms with Crippen molar-refractivity contribution in [1.29, 1.82) is 0 Å². The molecule has 7 nitrogen and oxygen atoms in total. The highest BCUT2D eigenvalue weighted by atomic mass is 19.1. The van der Waals surface area contributed by atoms with Crippen LogP contribution in [0, 0.1) is 5.82 Å². The lowest BCUT2D eigenvalue weighted by Gasteiger charge is -2.34. The molecule has 2 aromatic rings. The first-order chi connectivity index (χ1) is 14.5. The van der Waals surface area contributed by atoms with Crippen LogP contribution in [-0.2, 0) is 11.3 Å². The summed E-state index contributed by atoms with van der Waals surface area (Å²) in [6, 6.07) is 11.3. The molecule has 1 saturated heterocycles. The number of ether oxygens (including phenoxy) is 1. The van der Waals surface area contributed by atoms with Crippen LogP contribution in [0.15, 0.2) is 42.5 Å². The number of benzene rings is 2. The fourth-order valence-corrected chi connectivity index (χ4v) is 3.47. The second-order valence-corrected chi connectivity index (χ2v) is 7.21. The molecule has 0 aliphatic carbocycles. The van der Waals surface area contributed by atoms with E-state index in [1.165, 1.54) is 12.1 Å². The zero-order chi connectivity index (χ0) is 21.5. The Morgan fingerprint density at radius 2 is 1.70 bits per heavy atom. The standard InChI is InChI=1S/C22H27FN4O3/c1-24-22(29)16-3-6-19(7-4-16)25-21(28)15-27-11-9-26(10-12-27)14-17-13-18(23)5-8-20(17)30-2/h3-8,13H,9-12,14-15H2,1-2H3,(H,24,29)(H,25,28). The zero-order valence-corrected chi connectivity index (χ0v) is 17.3. The topological polar surface area (TPSA) is 73.9 Å². The van der Waals surface area contributed by atoms with Crippen LogP contribution in [0.25, 0.3) is 0 Å². The minimum atomic E-state index is -0.274. The zero-order valence-electron chi connectivity index (χ0n) is 17.3. The van der Waals surface area contributed by atoms with E-state index < -0.39 is 0 Å². The summed E-state index contributed by atoms with van der Waals surface area (Å²) in [5.74, 6) is 0.148. The minimum Gasteiger partial charge on any atom is -0.496 e. The lowest BCUT2D eigenvalue weighted by molar-refractivity contribution is -0.117. The van der Waals surface area contributed by atoms with Crippen LogP contribution in [0.3, 0.4) is 0 Å². The number of amides is 2. The Morgan fingerprint density at radius 3 is 2.33 bits per heavy atom. The Bertz CT molecular complexity index is 880. The number of piperazine rings is 1. The van der Waals surface area contributed by atoms with Gasteiger partial charge < -0.3 is 15.4 Å². The van der Waals surface area contributed by atoms with Gasteiger partial charge in [-0.15, -0.1) is 0 Å². The predicted molar refractivity (Wildman–Crippen MR) is 113 cm³/mol. The number of carbonyl (C=O) groups is 2. The predicted octanol–water partition coefficient (Wildman–Crippen LogP) is 1.95. The molecule has 0 bridgehead atoms. The fraction of sp³-hybridized carbons (Fsp3) is 0.364. The maximum atomic E-state index is 13.6. The number of halogens is 1. The van der Waals surface area contributed by atoms with Gasteiger partial charge in [-0.2, -0.15) is 0 Å². The van der Waals surface area contributed by atoms with E-state index >= 15 is 0 Å². The van der Waals surface area contributed by atoms with E-state index in [0.29, 0.717) is 30.1 Å². The molecular weight excluding hydrogens is 387 g/mol. The number of methoxy groups -OCH3 is 1. The molecule has 2 amide bonds. The van der Waals surface area contributed by atoms with Gasteiger partial charge in [0.25, 0.3) is 5.91 Å². The average Bonchev–Trinajstić information content (AvgIpc) is 2.75. The molecule has 0 saturated carbocycles. The number of nitrogens with one attached hydrogen (secondary N) is 2. The summed E-state index contributed by atoms with van der Waals surface area (Å²) in [5, 5.41) is 5.42. The molecule has 1 fully saturated rings. The van der Waals surface area contributed by atoms with Crippen LogP contribution in [0.4, 0.5) is 10.1 Å². The van der Waals surface area contributed by atoms with E-state index in [1.54, 1.807) is 44.5 Å². The number of anilines is 1. The van der Waals surface area contributed by atoms with Crippen molar-refractivity contribution >= 4 is 17.5 Å². The van der Waals surface area contributed by atoms with Crippen LogP contribution in [0.5, 0.6) is 5.75 Å². The van der Waals surface area contributed by atoms with Crippen molar-refractivity contribution in [1.82, 2.24) is 15.1 Å². The molecule has 1 aliphatic rings. The van der Waals surface area contributed by atoms with Crippen molar-refractivity contribution in [3.8, 4) is 5.75 Å². The third kappa shape index (κ3) is 5.77. The molecule has 0 spiro atoms. The summed E-state index contributed by atoms with van der Waals surface area (Å²) in [7, 11) is 3.16. The molecule has 0 aromatic heterocycles. The normalized spacial score (nSPS) is 14.9. The fourth-order valence-electron chi connectivity index (χ4n) is 3.47. The number of nitrogens with zero attached hydrogens (tertiary/aromatic N) is 2. The monoisotopic (exact) mass is 414 g/mol. The molecule has 2 aromatic carbocycles. The van der Waals surface area contributed by atoms with Gasteiger partial charge in [-0.05, 0) is 42.5 Å². The van der Waals surface area contributed by atoms with Gasteiger partial charge in [0.05, 0.1) is 13.7 Å². The SMILES string of the molecule is CNC(=O)c1ccc(NC(=O)CN2CCN(Cc3cc(F)ccc3OC)CC2)cc1. The van der Waals surface area contributed by atoms with Crippen molar-refractivity contribution in [2.75, 3.05) is 52.2 Å². The Labute approximate surface area is 175 Å². The van der Waals surface area contributed by atoms with Gasteiger partial charge in [0.2, 0.25) is 5.91 Å². The molecule has 30 heavy (non-hydrogen) atoms. The molecule has 0 atom stereocenters. The summed E-state index contributed by atoms with van der Waals surface area (Å²) in [5.41, 5.74) is 2.02. The summed E-state index contributed by atoms with van der Waals surface area (Å²) in [4.78, 5) is 28.2. The van der Waals surface area contributed by atoms with Crippen molar-refractivity contribution in [2.24, 2.45) is 0 Å². The Hall–Kier alpha value is -2.97. The smallest absolute Gasteiger partial charge is 0.251 e. The van der Waals surface area contributed by atoms with Crippen LogP contribution in [0.1, 0.15) is 15.9 Å². The first-order valence-corrected chi connectivity index (χ1v) is 9.87. The van der Waals surface area contributed by atoms with Gasteiger partial charge in [-0.25, -0.2) is 4.39 Å². The number of hydrogen-bond acceptors (Lipinski definition) is 5. The van der Waals surface area contributed by atoms with Gasteiger partial charge in [-0.1, -0.05) is 0 Å². The lowest BCUT2D eigenvalue weighted by atomic mass is 10.1. The highest BCUT2D eigenvalue weighted by molar-refractivity contribution is 5.96. The van der Waals surface area contributed by atoms with E-state index in [4.69, 9.17) is 4.74 Å². The van der Waals surface area contributed by atoms with E-state index in [2.05, 4.69) is 20.4 Å². The highest BCUT2D eigenvalue weighted by Gasteiger charge is 2.20. The van der Waals surface area contributed by atoms with Gasteiger partial charge in [-0.3, -0.25) is 19.4 Å². The third-order valence-electron chi connectivity index (χ3n) is 5.13. The lowest BCUT2D eigenvalue weighted by Crippen LogP contribution is -2.48. The molecule has 2 N–H and O–H groups in total. The van der Waals surface area contributed by atoms with Crippen molar-refractivity contribution in [3.63, 3.8) is 0 Å². The summed E-state index contributed by atoms with van der Waals surface area (Å²) < 4.78 is 18.9. The van der Waals surface area contributed by atoms with Crippen molar-refractivity contribution in [3.05, 3.63) is 59.4 Å². The molecule has 1 aliphatic heterocycles. The summed E-state index contributed by atoms with van der Waals surface area (Å²) >= 11 is 0. The van der Waals surface area contributed by atoms with E-state index in [9.17, 15) is 14.0 Å². The van der Waals surface area contributed by atoms with Crippen molar-refractivity contribution in [2.45, 2.75) is 6.54 Å². The molecule has 8 heteroatoms. The third-order valence-corrected chi connectivity index (χ3v) is 5.13. The van der Waals surface area contributed by atoms with Gasteiger partial charge in [0, 0.05) is 56.6 Å². The van der Waals surface area contributed by atoms with E-state index in [0.717, 1.165) is 31.7 Å². The first kappa shape index (κ1) is 21.7. The molecule has 0 radical (unpaired) electrons. The molecule has 0 unspecified atom stereocenters. The van der Waals surface area contributed by atoms with Crippen LogP contribution in [-0.4, -0.2) is 68.5 Å². The molecular formula is C22H27FN4O3. The largest absolute Gasteiger partial charge is 0.496 e. The summed E-state index contributed by atoms with van der Waals surface area (Å²) in [6.07, 6.45) is 0. The number of carbonyl (C=O) groups excluding carboxylic acids is 2. The highest BCUT2D eigenvalue weighted by Crippen LogP contribution is 2.21. The minimum absolute atomic E-state index is 0.0945. The summed E-state index contributed by atoms with van der Waals surface area (Å²) in [6.45, 7) is 3.98. The number of rotatable bonds is 7. The Balaban J connectivity index is 1.46. The van der Waals surface area contributed by atoms with E-state index in [-0.39, 0.29) is 17.6 Å². The van der Waals surface area contributed by atoms with Gasteiger partial charge in [0.1, 0.15) is 11.6 Å². The Kier molecular flexibility index (Phi) is 7.37. The number of hydrogen-bond donors (Lipinski definition) is 2. The second-order valence-electron chi connectivity index (χ2n) is 7.21. The Morgan fingerprint density at radius 1 is 1.03 bits per heavy atom. The quantitative estimate of drug-likeness (QED) is 0.725. The van der Waals surface area contributed by atoms with Crippen LogP contribution < -0.4 is 15.4 Å². The van der Waals surface area contributed by atoms with E-state index in [1.807, 2.05) is 0 Å². The second kappa shape index (κ2) is 10.2. The average molecular weight is 414 g/mol. The van der Waals surface area contributed by atoms with Crippen LogP contribution >= 0.6 is 0 Å². The van der Waals surface area contributed by atoms with Gasteiger partial charge >= 0.3 is 0 Å². The molecule has 160 valence electrons. The maximum absolute atomic E-state index is 13.6. The van der Waals surface area contributed by atoms with Crippen molar-refractivity contribution < 1.29 is 18.7 Å².